The zero-order valence-electron chi connectivity index (χ0n) is 12.0. The van der Waals surface area contributed by atoms with E-state index < -0.39 is 0 Å². The molecule has 0 aliphatic rings. The van der Waals surface area contributed by atoms with Crippen LogP contribution in [0.25, 0.3) is 22.5 Å². The Kier molecular flexibility index (Phi) is 3.26. The zero-order valence-corrected chi connectivity index (χ0v) is 12.8. The highest BCUT2D eigenvalue weighted by molar-refractivity contribution is 6.30. The molecular weight excluding hydrogens is 288 g/mol. The van der Waals surface area contributed by atoms with Crippen LogP contribution in [-0.2, 0) is 0 Å². The molecular formula is C16H15ClN2O2. The van der Waals surface area contributed by atoms with Crippen LogP contribution in [-0.4, -0.2) is 5.16 Å². The van der Waals surface area contributed by atoms with Gasteiger partial charge in [-0.3, -0.25) is 0 Å². The molecule has 0 unspecified atom stereocenters. The number of aromatic nitrogens is 1. The van der Waals surface area contributed by atoms with Gasteiger partial charge >= 0.3 is 0 Å². The van der Waals surface area contributed by atoms with Crippen LogP contribution in [0.1, 0.15) is 17.1 Å². The van der Waals surface area contributed by atoms with E-state index >= 15 is 0 Å². The zero-order chi connectivity index (χ0) is 15.1. The molecule has 3 rings (SSSR count). The Morgan fingerprint density at radius 3 is 2.48 bits per heavy atom. The van der Waals surface area contributed by atoms with Gasteiger partial charge in [-0.25, -0.2) is 0 Å². The fourth-order valence-electron chi connectivity index (χ4n) is 2.52. The Morgan fingerprint density at radius 1 is 1.10 bits per heavy atom. The average molecular weight is 303 g/mol. The summed E-state index contributed by atoms with van der Waals surface area (Å²) >= 11 is 6.07. The van der Waals surface area contributed by atoms with Crippen LogP contribution in [0.2, 0.25) is 5.02 Å². The molecule has 0 fully saturated rings. The Hall–Kier alpha value is -2.20. The van der Waals surface area contributed by atoms with E-state index in [9.17, 15) is 0 Å². The number of hydrogen-bond acceptors (Lipinski definition) is 4. The Morgan fingerprint density at radius 2 is 1.86 bits per heavy atom. The summed E-state index contributed by atoms with van der Waals surface area (Å²) in [6.45, 7) is 5.81. The van der Waals surface area contributed by atoms with E-state index in [1.807, 2.05) is 45.0 Å². The van der Waals surface area contributed by atoms with Gasteiger partial charge in [0.05, 0.1) is 11.1 Å². The van der Waals surface area contributed by atoms with Crippen LogP contribution >= 0.6 is 11.6 Å². The lowest BCUT2D eigenvalue weighted by Gasteiger charge is -2.03. The lowest BCUT2D eigenvalue weighted by Crippen LogP contribution is -1.89. The van der Waals surface area contributed by atoms with E-state index in [1.165, 1.54) is 0 Å². The van der Waals surface area contributed by atoms with Crippen molar-refractivity contribution in [2.45, 2.75) is 20.8 Å². The molecule has 4 nitrogen and oxygen atoms in total. The SMILES string of the molecule is Cc1oc(C)c(-c2onc(N)c2-c2cccc(Cl)c2)c1C. The minimum absolute atomic E-state index is 0.338. The van der Waals surface area contributed by atoms with Gasteiger partial charge in [0, 0.05) is 10.6 Å². The van der Waals surface area contributed by atoms with E-state index in [-0.39, 0.29) is 0 Å². The second kappa shape index (κ2) is 4.97. The van der Waals surface area contributed by atoms with Gasteiger partial charge in [0.2, 0.25) is 0 Å². The third-order valence-electron chi connectivity index (χ3n) is 3.62. The third kappa shape index (κ3) is 2.21. The van der Waals surface area contributed by atoms with Crippen molar-refractivity contribution in [2.24, 2.45) is 0 Å². The van der Waals surface area contributed by atoms with Crippen molar-refractivity contribution >= 4 is 17.4 Å². The molecule has 5 heteroatoms. The molecule has 0 saturated carbocycles. The number of nitrogen functional groups attached to an aromatic ring is 1. The summed E-state index contributed by atoms with van der Waals surface area (Å²) in [5, 5.41) is 4.54. The molecule has 108 valence electrons. The molecule has 2 N–H and O–H groups in total. The normalized spacial score (nSPS) is 11.0. The van der Waals surface area contributed by atoms with Crippen LogP contribution in [0.5, 0.6) is 0 Å². The predicted molar refractivity (Wildman–Crippen MR) is 83.3 cm³/mol. The molecule has 1 aromatic carbocycles. The maximum absolute atomic E-state index is 6.07. The Labute approximate surface area is 127 Å². The number of aryl methyl sites for hydroxylation is 2. The smallest absolute Gasteiger partial charge is 0.180 e. The van der Waals surface area contributed by atoms with E-state index in [0.717, 1.165) is 33.8 Å². The molecule has 0 saturated heterocycles. The van der Waals surface area contributed by atoms with Gasteiger partial charge < -0.3 is 14.7 Å². The highest BCUT2D eigenvalue weighted by Gasteiger charge is 2.24. The van der Waals surface area contributed by atoms with Crippen LogP contribution in [0.15, 0.2) is 33.2 Å². The molecule has 0 amide bonds. The van der Waals surface area contributed by atoms with Crippen molar-refractivity contribution in [1.82, 2.24) is 5.16 Å². The number of benzene rings is 1. The first-order valence-electron chi connectivity index (χ1n) is 6.57. The van der Waals surface area contributed by atoms with Crippen molar-refractivity contribution in [3.05, 3.63) is 46.4 Å². The summed E-state index contributed by atoms with van der Waals surface area (Å²) in [5.41, 5.74) is 9.51. The molecule has 3 aromatic rings. The average Bonchev–Trinajstić information content (AvgIpc) is 2.91. The van der Waals surface area contributed by atoms with Gasteiger partial charge in [0.15, 0.2) is 11.6 Å². The fourth-order valence-corrected chi connectivity index (χ4v) is 2.71. The molecule has 0 radical (unpaired) electrons. The van der Waals surface area contributed by atoms with Crippen LogP contribution in [0.3, 0.4) is 0 Å². The molecule has 2 aromatic heterocycles. The van der Waals surface area contributed by atoms with E-state index in [2.05, 4.69) is 5.16 Å². The number of anilines is 1. The van der Waals surface area contributed by atoms with Gasteiger partial charge in [-0.15, -0.1) is 0 Å². The second-order valence-corrected chi connectivity index (χ2v) is 5.43. The van der Waals surface area contributed by atoms with Crippen LogP contribution in [0.4, 0.5) is 5.82 Å². The molecule has 2 heterocycles. The molecule has 0 bridgehead atoms. The summed E-state index contributed by atoms with van der Waals surface area (Å²) in [7, 11) is 0. The van der Waals surface area contributed by atoms with E-state index in [1.54, 1.807) is 0 Å². The monoisotopic (exact) mass is 302 g/mol. The first-order valence-corrected chi connectivity index (χ1v) is 6.95. The van der Waals surface area contributed by atoms with Gasteiger partial charge in [-0.2, -0.15) is 0 Å². The van der Waals surface area contributed by atoms with Crippen molar-refractivity contribution < 1.29 is 8.94 Å². The second-order valence-electron chi connectivity index (χ2n) is 5.00. The van der Waals surface area contributed by atoms with Gasteiger partial charge in [-0.1, -0.05) is 28.9 Å². The van der Waals surface area contributed by atoms with Gasteiger partial charge in [-0.05, 0) is 38.5 Å². The molecule has 21 heavy (non-hydrogen) atoms. The fraction of sp³-hybridized carbons (Fsp3) is 0.188. The standard InChI is InChI=1S/C16H15ClN2O2/c1-8-9(2)20-10(3)13(8)15-14(16(18)19-21-15)11-5-4-6-12(17)7-11/h4-7H,1-3H3,(H2,18,19). The highest BCUT2D eigenvalue weighted by Crippen LogP contribution is 2.41. The number of rotatable bonds is 2. The number of nitrogens with two attached hydrogens (primary N) is 1. The summed E-state index contributed by atoms with van der Waals surface area (Å²) < 4.78 is 11.1. The Bertz CT molecular complexity index is 818. The molecule has 0 spiro atoms. The summed E-state index contributed by atoms with van der Waals surface area (Å²) in [6.07, 6.45) is 0. The first-order chi connectivity index (χ1) is 9.99. The van der Waals surface area contributed by atoms with Crippen molar-refractivity contribution in [3.8, 4) is 22.5 Å². The number of hydrogen-bond donors (Lipinski definition) is 1. The largest absolute Gasteiger partial charge is 0.466 e. The summed E-state index contributed by atoms with van der Waals surface area (Å²) in [6, 6.07) is 7.45. The predicted octanol–water partition coefficient (Wildman–Crippen LogP) is 4.76. The van der Waals surface area contributed by atoms with Crippen molar-refractivity contribution in [3.63, 3.8) is 0 Å². The van der Waals surface area contributed by atoms with E-state index in [4.69, 9.17) is 26.3 Å². The highest BCUT2D eigenvalue weighted by atomic mass is 35.5. The first kappa shape index (κ1) is 13.8. The van der Waals surface area contributed by atoms with Gasteiger partial charge in [0.1, 0.15) is 11.5 Å². The van der Waals surface area contributed by atoms with Crippen LogP contribution in [0, 0.1) is 20.8 Å². The molecule has 0 atom stereocenters. The molecule has 0 aliphatic heterocycles. The van der Waals surface area contributed by atoms with Crippen molar-refractivity contribution in [1.29, 1.82) is 0 Å². The maximum Gasteiger partial charge on any atom is 0.180 e. The third-order valence-corrected chi connectivity index (χ3v) is 3.86. The maximum atomic E-state index is 6.07. The van der Waals surface area contributed by atoms with E-state index in [0.29, 0.717) is 16.6 Å². The minimum atomic E-state index is 0.338. The Balaban J connectivity index is 2.27. The minimum Gasteiger partial charge on any atom is -0.466 e. The topological polar surface area (TPSA) is 65.2 Å². The lowest BCUT2D eigenvalue weighted by atomic mass is 9.99. The van der Waals surface area contributed by atoms with Crippen molar-refractivity contribution in [2.75, 3.05) is 5.73 Å². The number of furan rings is 1. The summed E-state index contributed by atoms with van der Waals surface area (Å²) in [4.78, 5) is 0. The molecule has 0 aliphatic carbocycles. The summed E-state index contributed by atoms with van der Waals surface area (Å²) in [5.74, 6) is 2.59. The van der Waals surface area contributed by atoms with Crippen LogP contribution < -0.4 is 5.73 Å². The van der Waals surface area contributed by atoms with Gasteiger partial charge in [0.25, 0.3) is 0 Å². The number of nitrogens with zero attached hydrogens (tertiary/aromatic N) is 1. The number of halogens is 1. The quantitative estimate of drug-likeness (QED) is 0.741. The lowest BCUT2D eigenvalue weighted by molar-refractivity contribution is 0.434.